The lowest BCUT2D eigenvalue weighted by Gasteiger charge is -2.28. The number of piperidine rings is 1. The molecule has 0 aliphatic carbocycles. The lowest BCUT2D eigenvalue weighted by Crippen LogP contribution is -2.54. The Kier molecular flexibility index (Phi) is 7.83. The van der Waals surface area contributed by atoms with Gasteiger partial charge in [0.1, 0.15) is 6.04 Å². The number of benzene rings is 2. The van der Waals surface area contributed by atoms with Gasteiger partial charge in [0.25, 0.3) is 0 Å². The molecule has 1 unspecified atom stereocenters. The smallest absolute Gasteiger partial charge is 0.241 e. The highest BCUT2D eigenvalue weighted by atomic mass is 35.5. The number of carbonyl (C=O) groups excluding carboxylic acids is 1. The van der Waals surface area contributed by atoms with Crippen LogP contribution in [0.25, 0.3) is 10.8 Å². The predicted octanol–water partition coefficient (Wildman–Crippen LogP) is 2.43. The summed E-state index contributed by atoms with van der Waals surface area (Å²) in [5.41, 5.74) is 0. The number of hydrogen-bond acceptors (Lipinski definition) is 4. The van der Waals surface area contributed by atoms with E-state index in [0.717, 1.165) is 30.2 Å². The van der Waals surface area contributed by atoms with Crippen LogP contribution >= 0.6 is 12.4 Å². The Bertz CT molecular complexity index is 912. The third kappa shape index (κ3) is 5.44. The van der Waals surface area contributed by atoms with Crippen LogP contribution in [0, 0.1) is 5.92 Å². The fourth-order valence-corrected chi connectivity index (χ4v) is 4.71. The van der Waals surface area contributed by atoms with Gasteiger partial charge in [-0.2, -0.15) is 4.72 Å². The van der Waals surface area contributed by atoms with Gasteiger partial charge in [-0.25, -0.2) is 8.42 Å². The molecule has 1 heterocycles. The summed E-state index contributed by atoms with van der Waals surface area (Å²) in [6, 6.07) is 11.8. The Labute approximate surface area is 172 Å². The Balaban J connectivity index is 0.00000280. The van der Waals surface area contributed by atoms with Gasteiger partial charge in [0.2, 0.25) is 15.9 Å². The Morgan fingerprint density at radius 2 is 1.86 bits per heavy atom. The van der Waals surface area contributed by atoms with Gasteiger partial charge < -0.3 is 10.6 Å². The van der Waals surface area contributed by atoms with Gasteiger partial charge in [-0.3, -0.25) is 4.79 Å². The van der Waals surface area contributed by atoms with E-state index in [2.05, 4.69) is 15.4 Å². The topological polar surface area (TPSA) is 87.3 Å². The van der Waals surface area contributed by atoms with Crippen LogP contribution in [0.5, 0.6) is 0 Å². The van der Waals surface area contributed by atoms with Crippen molar-refractivity contribution in [2.45, 2.75) is 43.7 Å². The second kappa shape index (κ2) is 9.69. The first-order valence-corrected chi connectivity index (χ1v) is 10.9. The van der Waals surface area contributed by atoms with E-state index in [0.29, 0.717) is 6.54 Å². The summed E-state index contributed by atoms with van der Waals surface area (Å²) < 4.78 is 28.4. The molecule has 0 radical (unpaired) electrons. The molecule has 2 aromatic carbocycles. The fraction of sp³-hybridized carbons (Fsp3) is 0.450. The molecule has 1 saturated heterocycles. The minimum atomic E-state index is -3.81. The number of hydrogen-bond donors (Lipinski definition) is 3. The normalized spacial score (nSPS) is 18.5. The number of halogens is 1. The van der Waals surface area contributed by atoms with Crippen molar-refractivity contribution in [3.05, 3.63) is 42.5 Å². The molecule has 0 bridgehead atoms. The zero-order chi connectivity index (χ0) is 19.4. The maximum Gasteiger partial charge on any atom is 0.241 e. The average Bonchev–Trinajstić information content (AvgIpc) is 2.66. The second-order valence-electron chi connectivity index (χ2n) is 7.40. The SMILES string of the molecule is CC(C)C(NS(=O)(=O)c1ccc2ccccc2c1)C(=O)N[C@H]1CCCNC1.Cl. The van der Waals surface area contributed by atoms with Gasteiger partial charge in [-0.05, 0) is 48.2 Å². The third-order valence-electron chi connectivity index (χ3n) is 4.91. The largest absolute Gasteiger partial charge is 0.351 e. The molecule has 8 heteroatoms. The lowest BCUT2D eigenvalue weighted by molar-refractivity contribution is -0.124. The van der Waals surface area contributed by atoms with Crippen molar-refractivity contribution in [2.24, 2.45) is 5.92 Å². The molecule has 3 N–H and O–H groups in total. The number of carbonyl (C=O) groups is 1. The van der Waals surface area contributed by atoms with Crippen molar-refractivity contribution in [3.63, 3.8) is 0 Å². The second-order valence-corrected chi connectivity index (χ2v) is 9.12. The zero-order valence-corrected chi connectivity index (χ0v) is 17.8. The molecule has 6 nitrogen and oxygen atoms in total. The summed E-state index contributed by atoms with van der Waals surface area (Å²) in [5, 5.41) is 8.04. The van der Waals surface area contributed by atoms with Gasteiger partial charge in [-0.15, -0.1) is 12.4 Å². The molecule has 0 spiro atoms. The average molecular weight is 426 g/mol. The van der Waals surface area contributed by atoms with Gasteiger partial charge in [0, 0.05) is 12.6 Å². The van der Waals surface area contributed by atoms with Gasteiger partial charge in [0.05, 0.1) is 4.90 Å². The van der Waals surface area contributed by atoms with Crippen molar-refractivity contribution < 1.29 is 13.2 Å². The molecular weight excluding hydrogens is 398 g/mol. The fourth-order valence-electron chi connectivity index (χ4n) is 3.33. The van der Waals surface area contributed by atoms with E-state index in [1.807, 2.05) is 38.1 Å². The molecule has 2 atom stereocenters. The van der Waals surface area contributed by atoms with Gasteiger partial charge in [-0.1, -0.05) is 44.2 Å². The monoisotopic (exact) mass is 425 g/mol. The molecule has 0 saturated carbocycles. The minimum absolute atomic E-state index is 0. The van der Waals surface area contributed by atoms with Crippen LogP contribution in [0.3, 0.4) is 0 Å². The summed E-state index contributed by atoms with van der Waals surface area (Å²) in [6.45, 7) is 5.35. The molecule has 1 fully saturated rings. The van der Waals surface area contributed by atoms with E-state index in [1.165, 1.54) is 0 Å². The molecule has 28 heavy (non-hydrogen) atoms. The summed E-state index contributed by atoms with van der Waals surface area (Å²) >= 11 is 0. The van der Waals surface area contributed by atoms with Crippen molar-refractivity contribution in [3.8, 4) is 0 Å². The highest BCUT2D eigenvalue weighted by Gasteiger charge is 2.30. The van der Waals surface area contributed by atoms with Crippen molar-refractivity contribution >= 4 is 39.1 Å². The zero-order valence-electron chi connectivity index (χ0n) is 16.1. The van der Waals surface area contributed by atoms with E-state index in [9.17, 15) is 13.2 Å². The number of amides is 1. The quantitative estimate of drug-likeness (QED) is 0.663. The Hall–Kier alpha value is -1.67. The highest BCUT2D eigenvalue weighted by molar-refractivity contribution is 7.89. The van der Waals surface area contributed by atoms with Crippen LogP contribution in [-0.2, 0) is 14.8 Å². The number of sulfonamides is 1. The summed E-state index contributed by atoms with van der Waals surface area (Å²) in [4.78, 5) is 12.9. The molecule has 154 valence electrons. The maximum absolute atomic E-state index is 12.9. The number of nitrogens with one attached hydrogen (secondary N) is 3. The van der Waals surface area contributed by atoms with Crippen LogP contribution in [0.15, 0.2) is 47.4 Å². The van der Waals surface area contributed by atoms with E-state index in [-0.39, 0.29) is 35.2 Å². The van der Waals surface area contributed by atoms with Crippen LogP contribution in [0.1, 0.15) is 26.7 Å². The minimum Gasteiger partial charge on any atom is -0.351 e. The Morgan fingerprint density at radius 3 is 2.50 bits per heavy atom. The first kappa shape index (κ1) is 22.6. The molecule has 2 aromatic rings. The third-order valence-corrected chi connectivity index (χ3v) is 6.34. The molecular formula is C20H28ClN3O3S. The predicted molar refractivity (Wildman–Crippen MR) is 114 cm³/mol. The lowest BCUT2D eigenvalue weighted by atomic mass is 10.0. The van der Waals surface area contributed by atoms with Crippen LogP contribution < -0.4 is 15.4 Å². The molecule has 0 aromatic heterocycles. The first-order valence-electron chi connectivity index (χ1n) is 9.39. The van der Waals surface area contributed by atoms with E-state index >= 15 is 0 Å². The summed E-state index contributed by atoms with van der Waals surface area (Å²) in [6.07, 6.45) is 1.90. The molecule has 1 aliphatic heterocycles. The summed E-state index contributed by atoms with van der Waals surface area (Å²) in [5.74, 6) is -0.445. The maximum atomic E-state index is 12.9. The van der Waals surface area contributed by atoms with Crippen LogP contribution in [0.4, 0.5) is 0 Å². The van der Waals surface area contributed by atoms with Crippen LogP contribution in [0.2, 0.25) is 0 Å². The number of rotatable bonds is 6. The van der Waals surface area contributed by atoms with Crippen molar-refractivity contribution in [2.75, 3.05) is 13.1 Å². The highest BCUT2D eigenvalue weighted by Crippen LogP contribution is 2.20. The van der Waals surface area contributed by atoms with Gasteiger partial charge >= 0.3 is 0 Å². The van der Waals surface area contributed by atoms with E-state index in [4.69, 9.17) is 0 Å². The van der Waals surface area contributed by atoms with Crippen molar-refractivity contribution in [1.82, 2.24) is 15.4 Å². The first-order chi connectivity index (χ1) is 12.9. The molecule has 1 amide bonds. The standard InChI is InChI=1S/C20H27N3O3S.ClH/c1-14(2)19(20(24)22-17-8-5-11-21-13-17)23-27(25,26)18-10-9-15-6-3-4-7-16(15)12-18;/h3-4,6-7,9-10,12,14,17,19,21,23H,5,8,11,13H2,1-2H3,(H,22,24);1H/t17-,19?;/m0./s1. The van der Waals surface area contributed by atoms with Crippen molar-refractivity contribution in [1.29, 1.82) is 0 Å². The summed E-state index contributed by atoms with van der Waals surface area (Å²) in [7, 11) is -3.81. The van der Waals surface area contributed by atoms with Crippen LogP contribution in [-0.4, -0.2) is 39.5 Å². The van der Waals surface area contributed by atoms with E-state index in [1.54, 1.807) is 18.2 Å². The Morgan fingerprint density at radius 1 is 1.14 bits per heavy atom. The molecule has 1 aliphatic rings. The molecule has 3 rings (SSSR count). The van der Waals surface area contributed by atoms with Gasteiger partial charge in [0.15, 0.2) is 0 Å². The number of fused-ring (bicyclic) bond motifs is 1. The van der Waals surface area contributed by atoms with E-state index < -0.39 is 16.1 Å².